The van der Waals surface area contributed by atoms with Crippen LogP contribution >= 0.6 is 0 Å². The Morgan fingerprint density at radius 1 is 1.50 bits per heavy atom. The first kappa shape index (κ1) is 12.6. The third kappa shape index (κ3) is 2.22. The smallest absolute Gasteiger partial charge is 0.267 e. The highest BCUT2D eigenvalue weighted by Gasteiger charge is 2.21. The standard InChI is InChI=1S/C13H14N4O3/c1-8(13(19)14-11-5-6-20-16-11)17-12(18)7-9-3-2-4-10(9)15-17/h5-8H,2-4H2,1H3,(H,14,16,19)/t8-/m1/s1. The van der Waals surface area contributed by atoms with Crippen LogP contribution in [0.5, 0.6) is 0 Å². The summed E-state index contributed by atoms with van der Waals surface area (Å²) in [5.74, 6) is -0.0393. The van der Waals surface area contributed by atoms with Gasteiger partial charge in [-0.3, -0.25) is 9.59 Å². The van der Waals surface area contributed by atoms with Crippen molar-refractivity contribution in [2.75, 3.05) is 5.32 Å². The van der Waals surface area contributed by atoms with E-state index in [4.69, 9.17) is 0 Å². The maximum atomic E-state index is 12.1. The normalized spacial score (nSPS) is 14.8. The lowest BCUT2D eigenvalue weighted by Crippen LogP contribution is -2.34. The van der Waals surface area contributed by atoms with Gasteiger partial charge in [0.2, 0.25) is 5.91 Å². The van der Waals surface area contributed by atoms with Crippen LogP contribution in [0.25, 0.3) is 0 Å². The average molecular weight is 274 g/mol. The van der Waals surface area contributed by atoms with E-state index < -0.39 is 6.04 Å². The first-order chi connectivity index (χ1) is 9.65. The number of aryl methyl sites for hydroxylation is 2. The molecule has 20 heavy (non-hydrogen) atoms. The summed E-state index contributed by atoms with van der Waals surface area (Å²) in [6.45, 7) is 1.63. The molecule has 0 aromatic carbocycles. The molecule has 1 aliphatic carbocycles. The summed E-state index contributed by atoms with van der Waals surface area (Å²) in [6.07, 6.45) is 4.11. The lowest BCUT2D eigenvalue weighted by atomic mass is 10.2. The lowest BCUT2D eigenvalue weighted by Gasteiger charge is -2.13. The molecule has 7 heteroatoms. The van der Waals surface area contributed by atoms with Crippen LogP contribution in [0.2, 0.25) is 0 Å². The van der Waals surface area contributed by atoms with E-state index in [9.17, 15) is 9.59 Å². The third-order valence-electron chi connectivity index (χ3n) is 3.42. The molecule has 0 bridgehead atoms. The third-order valence-corrected chi connectivity index (χ3v) is 3.42. The summed E-state index contributed by atoms with van der Waals surface area (Å²) in [5, 5.41) is 10.5. The second kappa shape index (κ2) is 4.92. The fraction of sp³-hybridized carbons (Fsp3) is 0.385. The summed E-state index contributed by atoms with van der Waals surface area (Å²) in [4.78, 5) is 24.1. The topological polar surface area (TPSA) is 90.0 Å². The molecule has 3 rings (SSSR count). The number of carbonyl (C=O) groups excluding carboxylic acids is 1. The molecule has 0 unspecified atom stereocenters. The largest absolute Gasteiger partial charge is 0.363 e. The second-order valence-electron chi connectivity index (χ2n) is 4.80. The Kier molecular flexibility index (Phi) is 3.09. The number of nitrogens with zero attached hydrogens (tertiary/aromatic N) is 3. The Balaban J connectivity index is 1.85. The van der Waals surface area contributed by atoms with E-state index in [1.54, 1.807) is 13.0 Å². The van der Waals surface area contributed by atoms with Gasteiger partial charge in [0.15, 0.2) is 5.82 Å². The van der Waals surface area contributed by atoms with Gasteiger partial charge < -0.3 is 9.84 Å². The number of anilines is 1. The zero-order chi connectivity index (χ0) is 14.1. The maximum absolute atomic E-state index is 12.1. The van der Waals surface area contributed by atoms with Crippen molar-refractivity contribution in [2.45, 2.75) is 32.2 Å². The minimum Gasteiger partial charge on any atom is -0.363 e. The Morgan fingerprint density at radius 3 is 3.10 bits per heavy atom. The average Bonchev–Trinajstić information content (AvgIpc) is 3.07. The van der Waals surface area contributed by atoms with E-state index in [1.165, 1.54) is 17.0 Å². The molecule has 0 aliphatic heterocycles. The molecule has 1 atom stereocenters. The maximum Gasteiger partial charge on any atom is 0.267 e. The molecule has 0 radical (unpaired) electrons. The quantitative estimate of drug-likeness (QED) is 0.898. The molecule has 1 aliphatic rings. The van der Waals surface area contributed by atoms with E-state index in [0.29, 0.717) is 5.82 Å². The fourth-order valence-corrected chi connectivity index (χ4v) is 2.31. The summed E-state index contributed by atoms with van der Waals surface area (Å²) in [5.41, 5.74) is 1.65. The van der Waals surface area contributed by atoms with Gasteiger partial charge in [0.1, 0.15) is 12.3 Å². The monoisotopic (exact) mass is 274 g/mol. The predicted molar refractivity (Wildman–Crippen MR) is 70.4 cm³/mol. The summed E-state index contributed by atoms with van der Waals surface area (Å²) >= 11 is 0. The minimum absolute atomic E-state index is 0.256. The minimum atomic E-state index is -0.704. The van der Waals surface area contributed by atoms with Gasteiger partial charge in [0.05, 0.1) is 5.69 Å². The van der Waals surface area contributed by atoms with Crippen LogP contribution in [0.1, 0.15) is 30.6 Å². The number of carbonyl (C=O) groups is 1. The fourth-order valence-electron chi connectivity index (χ4n) is 2.31. The Labute approximate surface area is 114 Å². The molecule has 2 heterocycles. The molecular weight excluding hydrogens is 260 g/mol. The van der Waals surface area contributed by atoms with Crippen molar-refractivity contribution in [3.63, 3.8) is 0 Å². The van der Waals surface area contributed by atoms with Crippen LogP contribution < -0.4 is 10.9 Å². The SMILES string of the molecule is C[C@H](C(=O)Nc1ccon1)n1nc2c(cc1=O)CCC2. The van der Waals surface area contributed by atoms with E-state index >= 15 is 0 Å². The van der Waals surface area contributed by atoms with Crippen LogP contribution in [0.4, 0.5) is 5.82 Å². The molecule has 104 valence electrons. The summed E-state index contributed by atoms with van der Waals surface area (Å²) in [7, 11) is 0. The van der Waals surface area contributed by atoms with Crippen molar-refractivity contribution in [3.05, 3.63) is 40.0 Å². The predicted octanol–water partition coefficient (Wildman–Crippen LogP) is 0.920. The van der Waals surface area contributed by atoms with Gasteiger partial charge in [0, 0.05) is 12.1 Å². The molecular formula is C13H14N4O3. The van der Waals surface area contributed by atoms with Gasteiger partial charge in [0.25, 0.3) is 5.56 Å². The van der Waals surface area contributed by atoms with E-state index in [0.717, 1.165) is 30.5 Å². The van der Waals surface area contributed by atoms with E-state index in [-0.39, 0.29) is 11.5 Å². The van der Waals surface area contributed by atoms with E-state index in [1.807, 2.05) is 0 Å². The van der Waals surface area contributed by atoms with Crippen molar-refractivity contribution >= 4 is 11.7 Å². The highest BCUT2D eigenvalue weighted by atomic mass is 16.5. The Bertz CT molecular complexity index is 690. The van der Waals surface area contributed by atoms with Crippen molar-refractivity contribution in [1.82, 2.24) is 14.9 Å². The number of rotatable bonds is 3. The first-order valence-electron chi connectivity index (χ1n) is 6.48. The molecule has 1 amide bonds. The number of aromatic nitrogens is 3. The highest BCUT2D eigenvalue weighted by molar-refractivity contribution is 5.92. The molecule has 0 saturated carbocycles. The number of nitrogens with one attached hydrogen (secondary N) is 1. The van der Waals surface area contributed by atoms with Crippen LogP contribution in [0.15, 0.2) is 27.7 Å². The van der Waals surface area contributed by atoms with Gasteiger partial charge >= 0.3 is 0 Å². The van der Waals surface area contributed by atoms with Gasteiger partial charge in [-0.2, -0.15) is 5.10 Å². The van der Waals surface area contributed by atoms with Crippen LogP contribution in [-0.4, -0.2) is 20.8 Å². The molecule has 7 nitrogen and oxygen atoms in total. The molecule has 0 spiro atoms. The molecule has 0 saturated heterocycles. The molecule has 2 aromatic rings. The van der Waals surface area contributed by atoms with Gasteiger partial charge in [-0.05, 0) is 31.7 Å². The summed E-state index contributed by atoms with van der Waals surface area (Å²) in [6, 6.07) is 2.41. The van der Waals surface area contributed by atoms with Crippen LogP contribution in [0, 0.1) is 0 Å². The van der Waals surface area contributed by atoms with Gasteiger partial charge in [-0.1, -0.05) is 5.16 Å². The van der Waals surface area contributed by atoms with Crippen molar-refractivity contribution in [2.24, 2.45) is 0 Å². The van der Waals surface area contributed by atoms with Crippen LogP contribution in [0.3, 0.4) is 0 Å². The number of hydrogen-bond acceptors (Lipinski definition) is 5. The number of fused-ring (bicyclic) bond motifs is 1. The van der Waals surface area contributed by atoms with Crippen molar-refractivity contribution in [1.29, 1.82) is 0 Å². The Hall–Kier alpha value is -2.44. The second-order valence-corrected chi connectivity index (χ2v) is 4.80. The Morgan fingerprint density at radius 2 is 2.35 bits per heavy atom. The van der Waals surface area contributed by atoms with Gasteiger partial charge in [-0.25, -0.2) is 4.68 Å². The molecule has 2 aromatic heterocycles. The zero-order valence-corrected chi connectivity index (χ0v) is 11.0. The van der Waals surface area contributed by atoms with Crippen molar-refractivity contribution < 1.29 is 9.32 Å². The number of amides is 1. The van der Waals surface area contributed by atoms with Crippen molar-refractivity contribution in [3.8, 4) is 0 Å². The van der Waals surface area contributed by atoms with Gasteiger partial charge in [-0.15, -0.1) is 0 Å². The first-order valence-corrected chi connectivity index (χ1v) is 6.48. The van der Waals surface area contributed by atoms with Crippen LogP contribution in [-0.2, 0) is 17.6 Å². The summed E-state index contributed by atoms with van der Waals surface area (Å²) < 4.78 is 5.86. The lowest BCUT2D eigenvalue weighted by molar-refractivity contribution is -0.119. The molecule has 1 N–H and O–H groups in total. The number of hydrogen-bond donors (Lipinski definition) is 1. The highest BCUT2D eigenvalue weighted by Crippen LogP contribution is 2.18. The van der Waals surface area contributed by atoms with E-state index in [2.05, 4.69) is 20.1 Å². The zero-order valence-electron chi connectivity index (χ0n) is 11.0. The molecule has 0 fully saturated rings.